The van der Waals surface area contributed by atoms with E-state index in [1.165, 1.54) is 6.92 Å². The number of hydrogen-bond donors (Lipinski definition) is 0. The lowest BCUT2D eigenvalue weighted by molar-refractivity contribution is 0.101. The fraction of sp³-hybridized carbons (Fsp3) is 0.0909. The maximum atomic E-state index is 11.0. The quantitative estimate of drug-likeness (QED) is 0.657. The zero-order chi connectivity index (χ0) is 9.84. The molecule has 0 spiro atoms. The van der Waals surface area contributed by atoms with Crippen LogP contribution in [0.15, 0.2) is 25.3 Å². The topological polar surface area (TPSA) is 30.0 Å². The Labute approximate surface area is 77.6 Å². The number of ketones is 1. The van der Waals surface area contributed by atoms with Crippen molar-refractivity contribution in [3.63, 3.8) is 0 Å². The standard InChI is InChI=1S/C11H11NO/c1-4-9-6-7-11(8(3)13)12-10(9)5-2/h4-7H,1-2H2,3H3. The van der Waals surface area contributed by atoms with Crippen molar-refractivity contribution in [2.75, 3.05) is 0 Å². The molecule has 1 aromatic rings. The molecule has 13 heavy (non-hydrogen) atoms. The van der Waals surface area contributed by atoms with Crippen LogP contribution in [0.2, 0.25) is 0 Å². The van der Waals surface area contributed by atoms with Crippen molar-refractivity contribution in [3.8, 4) is 0 Å². The van der Waals surface area contributed by atoms with Gasteiger partial charge in [0, 0.05) is 6.92 Å². The highest BCUT2D eigenvalue weighted by molar-refractivity contribution is 5.92. The second-order valence-corrected chi connectivity index (χ2v) is 2.64. The Bertz CT molecular complexity index is 366. The minimum absolute atomic E-state index is 0.0429. The van der Waals surface area contributed by atoms with Crippen LogP contribution in [0, 0.1) is 0 Å². The molecule has 1 rings (SSSR count). The molecule has 66 valence electrons. The summed E-state index contributed by atoms with van der Waals surface area (Å²) in [6.45, 7) is 8.75. The van der Waals surface area contributed by atoms with Crippen molar-refractivity contribution in [1.29, 1.82) is 0 Å². The van der Waals surface area contributed by atoms with E-state index in [1.807, 2.05) is 6.07 Å². The molecular weight excluding hydrogens is 162 g/mol. The van der Waals surface area contributed by atoms with Crippen LogP contribution in [0.5, 0.6) is 0 Å². The van der Waals surface area contributed by atoms with E-state index in [2.05, 4.69) is 18.1 Å². The molecule has 0 saturated carbocycles. The normalized spacial score (nSPS) is 9.31. The molecule has 0 unspecified atom stereocenters. The monoisotopic (exact) mass is 173 g/mol. The summed E-state index contributed by atoms with van der Waals surface area (Å²) in [4.78, 5) is 15.1. The van der Waals surface area contributed by atoms with Gasteiger partial charge in [0.1, 0.15) is 5.69 Å². The first-order valence-electron chi connectivity index (χ1n) is 3.96. The van der Waals surface area contributed by atoms with E-state index in [0.29, 0.717) is 11.4 Å². The summed E-state index contributed by atoms with van der Waals surface area (Å²) in [5.74, 6) is -0.0429. The van der Waals surface area contributed by atoms with Gasteiger partial charge in [0.25, 0.3) is 0 Å². The predicted octanol–water partition coefficient (Wildman–Crippen LogP) is 2.57. The van der Waals surface area contributed by atoms with Crippen molar-refractivity contribution in [3.05, 3.63) is 42.2 Å². The van der Waals surface area contributed by atoms with E-state index in [1.54, 1.807) is 18.2 Å². The van der Waals surface area contributed by atoms with Gasteiger partial charge in [-0.3, -0.25) is 4.79 Å². The van der Waals surface area contributed by atoms with Gasteiger partial charge < -0.3 is 0 Å². The number of aromatic nitrogens is 1. The molecule has 0 aromatic carbocycles. The molecule has 0 N–H and O–H groups in total. The summed E-state index contributed by atoms with van der Waals surface area (Å²) in [5.41, 5.74) is 2.04. The van der Waals surface area contributed by atoms with Crippen LogP contribution in [-0.4, -0.2) is 10.8 Å². The van der Waals surface area contributed by atoms with Gasteiger partial charge in [-0.15, -0.1) is 0 Å². The first kappa shape index (κ1) is 9.39. The highest BCUT2D eigenvalue weighted by Gasteiger charge is 2.03. The molecule has 0 aliphatic heterocycles. The number of rotatable bonds is 3. The van der Waals surface area contributed by atoms with Crippen molar-refractivity contribution in [2.24, 2.45) is 0 Å². The van der Waals surface area contributed by atoms with Gasteiger partial charge in [-0.2, -0.15) is 0 Å². The molecule has 0 fully saturated rings. The van der Waals surface area contributed by atoms with Gasteiger partial charge in [-0.05, 0) is 17.7 Å². The molecule has 0 aliphatic rings. The maximum Gasteiger partial charge on any atom is 0.178 e. The lowest BCUT2D eigenvalue weighted by Crippen LogP contribution is -1.99. The third kappa shape index (κ3) is 1.90. The largest absolute Gasteiger partial charge is 0.293 e. The number of nitrogens with zero attached hydrogens (tertiary/aromatic N) is 1. The Morgan fingerprint density at radius 2 is 2.08 bits per heavy atom. The molecule has 0 saturated heterocycles. The minimum Gasteiger partial charge on any atom is -0.293 e. The Morgan fingerprint density at radius 3 is 2.54 bits per heavy atom. The lowest BCUT2D eigenvalue weighted by Gasteiger charge is -2.01. The predicted molar refractivity (Wildman–Crippen MR) is 54.4 cm³/mol. The molecule has 0 aliphatic carbocycles. The first-order valence-corrected chi connectivity index (χ1v) is 3.96. The van der Waals surface area contributed by atoms with Crippen LogP contribution < -0.4 is 0 Å². The van der Waals surface area contributed by atoms with Crippen LogP contribution in [0.3, 0.4) is 0 Å². The summed E-state index contributed by atoms with van der Waals surface area (Å²) in [5, 5.41) is 0. The SMILES string of the molecule is C=Cc1ccc(C(C)=O)nc1C=C. The lowest BCUT2D eigenvalue weighted by atomic mass is 10.1. The van der Waals surface area contributed by atoms with Gasteiger partial charge in [0.2, 0.25) is 0 Å². The zero-order valence-corrected chi connectivity index (χ0v) is 7.58. The van der Waals surface area contributed by atoms with Crippen molar-refractivity contribution in [1.82, 2.24) is 4.98 Å². The molecule has 2 heteroatoms. The van der Waals surface area contributed by atoms with Crippen LogP contribution in [0.25, 0.3) is 12.2 Å². The molecule has 1 heterocycles. The van der Waals surface area contributed by atoms with Crippen molar-refractivity contribution >= 4 is 17.9 Å². The summed E-state index contributed by atoms with van der Waals surface area (Å²) >= 11 is 0. The molecule has 0 atom stereocenters. The van der Waals surface area contributed by atoms with Crippen LogP contribution >= 0.6 is 0 Å². The van der Waals surface area contributed by atoms with E-state index in [0.717, 1.165) is 5.56 Å². The second-order valence-electron chi connectivity index (χ2n) is 2.64. The Morgan fingerprint density at radius 1 is 1.38 bits per heavy atom. The Hall–Kier alpha value is -1.70. The third-order valence-corrected chi connectivity index (χ3v) is 1.73. The highest BCUT2D eigenvalue weighted by Crippen LogP contribution is 2.10. The van der Waals surface area contributed by atoms with Crippen molar-refractivity contribution < 1.29 is 4.79 Å². The second kappa shape index (κ2) is 3.81. The molecule has 0 amide bonds. The summed E-state index contributed by atoms with van der Waals surface area (Å²) in [6.07, 6.45) is 3.30. The fourth-order valence-electron chi connectivity index (χ4n) is 1.02. The fourth-order valence-corrected chi connectivity index (χ4v) is 1.02. The summed E-state index contributed by atoms with van der Waals surface area (Å²) < 4.78 is 0. The van der Waals surface area contributed by atoms with Gasteiger partial charge in [-0.25, -0.2) is 4.98 Å². The minimum atomic E-state index is -0.0429. The van der Waals surface area contributed by atoms with Gasteiger partial charge in [0.05, 0.1) is 5.69 Å². The molecule has 0 bridgehead atoms. The molecule has 0 radical (unpaired) electrons. The average Bonchev–Trinajstić information content (AvgIpc) is 2.16. The average molecular weight is 173 g/mol. The smallest absolute Gasteiger partial charge is 0.178 e. The molecule has 2 nitrogen and oxygen atoms in total. The maximum absolute atomic E-state index is 11.0. The summed E-state index contributed by atoms with van der Waals surface area (Å²) in [7, 11) is 0. The van der Waals surface area contributed by atoms with Gasteiger partial charge in [-0.1, -0.05) is 25.3 Å². The van der Waals surface area contributed by atoms with Crippen LogP contribution in [-0.2, 0) is 0 Å². The van der Waals surface area contributed by atoms with E-state index in [-0.39, 0.29) is 5.78 Å². The van der Waals surface area contributed by atoms with Gasteiger partial charge in [0.15, 0.2) is 5.78 Å². The van der Waals surface area contributed by atoms with E-state index in [9.17, 15) is 4.79 Å². The first-order chi connectivity index (χ1) is 6.19. The van der Waals surface area contributed by atoms with Crippen LogP contribution in [0.1, 0.15) is 28.7 Å². The van der Waals surface area contributed by atoms with E-state index < -0.39 is 0 Å². The number of Topliss-reactive ketones (excluding diaryl/α,β-unsaturated/α-hetero) is 1. The van der Waals surface area contributed by atoms with E-state index >= 15 is 0 Å². The number of pyridine rings is 1. The van der Waals surface area contributed by atoms with E-state index in [4.69, 9.17) is 0 Å². The molecule has 1 aromatic heterocycles. The summed E-state index contributed by atoms with van der Waals surface area (Å²) in [6, 6.07) is 3.50. The zero-order valence-electron chi connectivity index (χ0n) is 7.58. The number of carbonyl (C=O) groups is 1. The number of hydrogen-bond acceptors (Lipinski definition) is 2. The Balaban J connectivity index is 3.28. The Kier molecular flexibility index (Phi) is 2.75. The highest BCUT2D eigenvalue weighted by atomic mass is 16.1. The third-order valence-electron chi connectivity index (χ3n) is 1.73. The number of carbonyl (C=O) groups excluding carboxylic acids is 1. The molecular formula is C11H11NO. The van der Waals surface area contributed by atoms with Crippen molar-refractivity contribution in [2.45, 2.75) is 6.92 Å². The van der Waals surface area contributed by atoms with Gasteiger partial charge >= 0.3 is 0 Å². The van der Waals surface area contributed by atoms with Crippen LogP contribution in [0.4, 0.5) is 0 Å².